The number of nitrogens with one attached hydrogen (secondary N) is 2. The van der Waals surface area contributed by atoms with Gasteiger partial charge in [0.1, 0.15) is 12.4 Å². The standard InChI is InChI=1S/C24H33N3O5S/c1-16-6-9-20(10-7-16)33(29,30)26-19-8-11-21-22(12-19)32-15-18(3)25-13-17(2)23(31-5)14-27(4)24(21)28/h6-12,17-18,23,25-26H,13-15H2,1-5H3/t17-,18+,23+/m1/s1. The molecule has 1 amide bonds. The molecule has 0 fully saturated rings. The Kier molecular flexibility index (Phi) is 7.99. The van der Waals surface area contributed by atoms with Crippen LogP contribution >= 0.6 is 0 Å². The highest BCUT2D eigenvalue weighted by molar-refractivity contribution is 7.92. The number of ether oxygens (including phenoxy) is 2. The molecule has 3 atom stereocenters. The number of sulfonamides is 1. The van der Waals surface area contributed by atoms with E-state index in [2.05, 4.69) is 17.0 Å². The number of methoxy groups -OCH3 is 1. The van der Waals surface area contributed by atoms with Crippen molar-refractivity contribution in [1.82, 2.24) is 10.2 Å². The molecule has 8 nitrogen and oxygen atoms in total. The van der Waals surface area contributed by atoms with Crippen molar-refractivity contribution in [2.75, 3.05) is 38.6 Å². The van der Waals surface area contributed by atoms with Gasteiger partial charge in [0.15, 0.2) is 0 Å². The number of carbonyl (C=O) groups is 1. The van der Waals surface area contributed by atoms with Crippen LogP contribution in [0.5, 0.6) is 5.75 Å². The summed E-state index contributed by atoms with van der Waals surface area (Å²) in [7, 11) is -0.404. The fraction of sp³-hybridized carbons (Fsp3) is 0.458. The molecule has 180 valence electrons. The summed E-state index contributed by atoms with van der Waals surface area (Å²) in [5.74, 6) is 0.311. The Balaban J connectivity index is 1.91. The first-order valence-electron chi connectivity index (χ1n) is 11.0. The zero-order valence-corrected chi connectivity index (χ0v) is 20.6. The van der Waals surface area contributed by atoms with Crippen molar-refractivity contribution in [3.05, 3.63) is 53.6 Å². The van der Waals surface area contributed by atoms with Gasteiger partial charge in [-0.2, -0.15) is 0 Å². The second-order valence-corrected chi connectivity index (χ2v) is 10.4. The van der Waals surface area contributed by atoms with E-state index >= 15 is 0 Å². The van der Waals surface area contributed by atoms with Crippen LogP contribution in [0.15, 0.2) is 47.4 Å². The Hall–Kier alpha value is -2.62. The molecule has 0 unspecified atom stereocenters. The van der Waals surface area contributed by atoms with E-state index in [-0.39, 0.29) is 28.9 Å². The third-order valence-corrected chi connectivity index (χ3v) is 7.21. The number of fused-ring (bicyclic) bond motifs is 1. The minimum absolute atomic E-state index is 0.0259. The molecular formula is C24H33N3O5S. The molecular weight excluding hydrogens is 442 g/mol. The van der Waals surface area contributed by atoms with Crippen molar-refractivity contribution in [3.63, 3.8) is 0 Å². The number of amides is 1. The minimum Gasteiger partial charge on any atom is -0.491 e. The molecule has 0 aromatic heterocycles. The third-order valence-electron chi connectivity index (χ3n) is 5.81. The van der Waals surface area contributed by atoms with Gasteiger partial charge < -0.3 is 19.7 Å². The van der Waals surface area contributed by atoms with Crippen molar-refractivity contribution in [3.8, 4) is 5.75 Å². The molecule has 2 N–H and O–H groups in total. The predicted octanol–water partition coefficient (Wildman–Crippen LogP) is 2.89. The molecule has 1 aliphatic rings. The minimum atomic E-state index is -3.78. The molecule has 2 aromatic rings. The number of aryl methyl sites for hydroxylation is 1. The van der Waals surface area contributed by atoms with Gasteiger partial charge in [0.2, 0.25) is 0 Å². The second kappa shape index (κ2) is 10.5. The lowest BCUT2D eigenvalue weighted by Gasteiger charge is -2.30. The van der Waals surface area contributed by atoms with E-state index in [1.807, 2.05) is 13.8 Å². The van der Waals surface area contributed by atoms with Crippen LogP contribution in [0.3, 0.4) is 0 Å². The average molecular weight is 476 g/mol. The molecule has 1 heterocycles. The van der Waals surface area contributed by atoms with Crippen LogP contribution in [-0.4, -0.2) is 65.2 Å². The van der Waals surface area contributed by atoms with E-state index in [4.69, 9.17) is 9.47 Å². The van der Waals surface area contributed by atoms with E-state index in [9.17, 15) is 13.2 Å². The fourth-order valence-corrected chi connectivity index (χ4v) is 4.70. The first-order chi connectivity index (χ1) is 15.6. The van der Waals surface area contributed by atoms with Crippen LogP contribution in [0.4, 0.5) is 5.69 Å². The summed E-state index contributed by atoms with van der Waals surface area (Å²) in [5.41, 5.74) is 1.66. The fourth-order valence-electron chi connectivity index (χ4n) is 3.65. The summed E-state index contributed by atoms with van der Waals surface area (Å²) < 4.78 is 39.8. The van der Waals surface area contributed by atoms with Crippen LogP contribution in [0, 0.1) is 12.8 Å². The van der Waals surface area contributed by atoms with Crippen molar-refractivity contribution in [1.29, 1.82) is 0 Å². The van der Waals surface area contributed by atoms with Gasteiger partial charge in [-0.3, -0.25) is 9.52 Å². The molecule has 0 bridgehead atoms. The summed E-state index contributed by atoms with van der Waals surface area (Å²) >= 11 is 0. The smallest absolute Gasteiger partial charge is 0.261 e. The van der Waals surface area contributed by atoms with Crippen molar-refractivity contribution in [2.45, 2.75) is 37.8 Å². The van der Waals surface area contributed by atoms with Crippen molar-refractivity contribution >= 4 is 21.6 Å². The molecule has 33 heavy (non-hydrogen) atoms. The first-order valence-corrected chi connectivity index (χ1v) is 12.5. The molecule has 0 radical (unpaired) electrons. The Morgan fingerprint density at radius 2 is 1.85 bits per heavy atom. The summed E-state index contributed by atoms with van der Waals surface area (Å²) in [6.07, 6.45) is -0.122. The zero-order chi connectivity index (χ0) is 24.2. The summed E-state index contributed by atoms with van der Waals surface area (Å²) in [4.78, 5) is 15.0. The lowest BCUT2D eigenvalue weighted by atomic mass is 10.0. The van der Waals surface area contributed by atoms with Gasteiger partial charge >= 0.3 is 0 Å². The number of likely N-dealkylation sites (N-methyl/N-ethyl adjacent to an activating group) is 1. The van der Waals surface area contributed by atoms with Crippen LogP contribution in [-0.2, 0) is 14.8 Å². The van der Waals surface area contributed by atoms with Gasteiger partial charge in [0.05, 0.1) is 22.3 Å². The molecule has 1 aliphatic heterocycles. The number of hydrogen-bond acceptors (Lipinski definition) is 6. The highest BCUT2D eigenvalue weighted by Crippen LogP contribution is 2.27. The maximum atomic E-state index is 13.2. The van der Waals surface area contributed by atoms with Gasteiger partial charge in [-0.05, 0) is 44.0 Å². The van der Waals surface area contributed by atoms with Crippen LogP contribution in [0.1, 0.15) is 29.8 Å². The van der Waals surface area contributed by atoms with Gasteiger partial charge in [-0.1, -0.05) is 24.6 Å². The van der Waals surface area contributed by atoms with Crippen molar-refractivity contribution in [2.24, 2.45) is 5.92 Å². The number of hydrogen-bond donors (Lipinski definition) is 2. The molecule has 0 saturated heterocycles. The molecule has 0 spiro atoms. The molecule has 3 rings (SSSR count). The van der Waals surface area contributed by atoms with Gasteiger partial charge in [0.25, 0.3) is 15.9 Å². The SMILES string of the molecule is CO[C@H]1CN(C)C(=O)c2ccc(NS(=O)(=O)c3ccc(C)cc3)cc2OC[C@H](C)NC[C@H]1C. The second-order valence-electron chi connectivity index (χ2n) is 8.69. The molecule has 0 aliphatic carbocycles. The summed E-state index contributed by atoms with van der Waals surface area (Å²) in [6, 6.07) is 11.3. The number of nitrogens with zero attached hydrogens (tertiary/aromatic N) is 1. The Morgan fingerprint density at radius 3 is 2.52 bits per heavy atom. The Bertz CT molecular complexity index is 1070. The quantitative estimate of drug-likeness (QED) is 0.706. The topological polar surface area (TPSA) is 97.0 Å². The molecule has 9 heteroatoms. The number of anilines is 1. The summed E-state index contributed by atoms with van der Waals surface area (Å²) in [5, 5.41) is 3.43. The van der Waals surface area contributed by atoms with Crippen LogP contribution < -0.4 is 14.8 Å². The van der Waals surface area contributed by atoms with Crippen molar-refractivity contribution < 1.29 is 22.7 Å². The maximum Gasteiger partial charge on any atom is 0.261 e. The van der Waals surface area contributed by atoms with E-state index < -0.39 is 10.0 Å². The largest absolute Gasteiger partial charge is 0.491 e. The van der Waals surface area contributed by atoms with Gasteiger partial charge in [-0.25, -0.2) is 8.42 Å². The van der Waals surface area contributed by atoms with E-state index in [0.29, 0.717) is 36.7 Å². The molecule has 2 aromatic carbocycles. The summed E-state index contributed by atoms with van der Waals surface area (Å²) in [6.45, 7) is 7.44. The van der Waals surface area contributed by atoms with Gasteiger partial charge in [0, 0.05) is 39.4 Å². The number of carbonyl (C=O) groups excluding carboxylic acids is 1. The number of rotatable bonds is 4. The van der Waals surface area contributed by atoms with Crippen LogP contribution in [0.2, 0.25) is 0 Å². The lowest BCUT2D eigenvalue weighted by molar-refractivity contribution is 0.0281. The number of benzene rings is 2. The van der Waals surface area contributed by atoms with E-state index in [0.717, 1.165) is 5.56 Å². The predicted molar refractivity (Wildman–Crippen MR) is 128 cm³/mol. The highest BCUT2D eigenvalue weighted by Gasteiger charge is 2.26. The zero-order valence-electron chi connectivity index (χ0n) is 19.8. The highest BCUT2D eigenvalue weighted by atomic mass is 32.2. The van der Waals surface area contributed by atoms with E-state index in [1.165, 1.54) is 0 Å². The lowest BCUT2D eigenvalue weighted by Crippen LogP contribution is -2.44. The van der Waals surface area contributed by atoms with Crippen LogP contribution in [0.25, 0.3) is 0 Å². The third kappa shape index (κ3) is 6.25. The first kappa shape index (κ1) is 25.0. The van der Waals surface area contributed by atoms with Gasteiger partial charge in [-0.15, -0.1) is 0 Å². The Morgan fingerprint density at radius 1 is 1.15 bits per heavy atom. The molecule has 0 saturated carbocycles. The van der Waals surface area contributed by atoms with E-state index in [1.54, 1.807) is 61.5 Å². The normalized spacial score (nSPS) is 22.5. The Labute approximate surface area is 196 Å². The average Bonchev–Trinajstić information content (AvgIpc) is 2.78. The maximum absolute atomic E-state index is 13.2. The monoisotopic (exact) mass is 475 g/mol.